The van der Waals surface area contributed by atoms with Gasteiger partial charge < -0.3 is 14.7 Å². The summed E-state index contributed by atoms with van der Waals surface area (Å²) < 4.78 is 5.28. The van der Waals surface area contributed by atoms with Crippen LogP contribution in [0.5, 0.6) is 0 Å². The van der Waals surface area contributed by atoms with Gasteiger partial charge in [0, 0.05) is 19.5 Å². The van der Waals surface area contributed by atoms with Gasteiger partial charge in [-0.15, -0.1) is 0 Å². The SMILES string of the molecule is Cc1noc([C@H]2CCCN(CCC(=O)Nc3ccccc3C#N)C2)n1. The molecule has 2 aromatic rings. The highest BCUT2D eigenvalue weighted by Crippen LogP contribution is 2.25. The summed E-state index contributed by atoms with van der Waals surface area (Å²) in [5.74, 6) is 1.49. The van der Waals surface area contributed by atoms with E-state index in [9.17, 15) is 4.79 Å². The summed E-state index contributed by atoms with van der Waals surface area (Å²) in [5, 5.41) is 15.8. The van der Waals surface area contributed by atoms with Gasteiger partial charge in [0.05, 0.1) is 17.2 Å². The number of hydrogen-bond acceptors (Lipinski definition) is 6. The van der Waals surface area contributed by atoms with Crippen molar-refractivity contribution >= 4 is 11.6 Å². The number of aryl methyl sites for hydroxylation is 1. The zero-order valence-electron chi connectivity index (χ0n) is 14.2. The second-order valence-electron chi connectivity index (χ2n) is 6.28. The fraction of sp³-hybridized carbons (Fsp3) is 0.444. The number of carbonyl (C=O) groups is 1. The van der Waals surface area contributed by atoms with Crippen LogP contribution in [0.2, 0.25) is 0 Å². The maximum atomic E-state index is 12.2. The lowest BCUT2D eigenvalue weighted by molar-refractivity contribution is -0.116. The van der Waals surface area contributed by atoms with E-state index in [0.29, 0.717) is 35.9 Å². The molecule has 25 heavy (non-hydrogen) atoms. The van der Waals surface area contributed by atoms with Gasteiger partial charge in [0.1, 0.15) is 6.07 Å². The predicted molar refractivity (Wildman–Crippen MR) is 91.9 cm³/mol. The van der Waals surface area contributed by atoms with Crippen LogP contribution in [-0.4, -0.2) is 40.6 Å². The van der Waals surface area contributed by atoms with Gasteiger partial charge in [0.15, 0.2) is 5.82 Å². The number of piperidine rings is 1. The number of anilines is 1. The van der Waals surface area contributed by atoms with Crippen molar-refractivity contribution in [3.63, 3.8) is 0 Å². The van der Waals surface area contributed by atoms with Crippen LogP contribution >= 0.6 is 0 Å². The molecule has 1 amide bonds. The summed E-state index contributed by atoms with van der Waals surface area (Å²) in [4.78, 5) is 18.8. The van der Waals surface area contributed by atoms with Crippen LogP contribution in [0.1, 0.15) is 42.5 Å². The highest BCUT2D eigenvalue weighted by Gasteiger charge is 2.25. The van der Waals surface area contributed by atoms with Gasteiger partial charge in [-0.1, -0.05) is 17.3 Å². The monoisotopic (exact) mass is 339 g/mol. The van der Waals surface area contributed by atoms with E-state index in [0.717, 1.165) is 25.9 Å². The average molecular weight is 339 g/mol. The summed E-state index contributed by atoms with van der Waals surface area (Å²) in [6.07, 6.45) is 2.46. The Morgan fingerprint density at radius 3 is 3.08 bits per heavy atom. The lowest BCUT2D eigenvalue weighted by atomic mass is 9.98. The molecule has 0 radical (unpaired) electrons. The van der Waals surface area contributed by atoms with Crippen LogP contribution in [0, 0.1) is 18.3 Å². The minimum atomic E-state index is -0.0848. The Morgan fingerprint density at radius 2 is 2.32 bits per heavy atom. The van der Waals surface area contributed by atoms with Gasteiger partial charge in [-0.2, -0.15) is 10.2 Å². The van der Waals surface area contributed by atoms with E-state index in [1.165, 1.54) is 0 Å². The smallest absolute Gasteiger partial charge is 0.231 e. The molecule has 0 bridgehead atoms. The van der Waals surface area contributed by atoms with Crippen molar-refractivity contribution in [2.75, 3.05) is 25.0 Å². The van der Waals surface area contributed by atoms with Crippen molar-refractivity contribution in [2.45, 2.75) is 32.1 Å². The third-order valence-corrected chi connectivity index (χ3v) is 4.37. The predicted octanol–water partition coefficient (Wildman–Crippen LogP) is 2.46. The van der Waals surface area contributed by atoms with E-state index < -0.39 is 0 Å². The van der Waals surface area contributed by atoms with Crippen LogP contribution in [0.15, 0.2) is 28.8 Å². The van der Waals surface area contributed by atoms with Crippen LogP contribution in [-0.2, 0) is 4.79 Å². The number of nitrogens with one attached hydrogen (secondary N) is 1. The van der Waals surface area contributed by atoms with Crippen LogP contribution in [0.25, 0.3) is 0 Å². The first-order valence-corrected chi connectivity index (χ1v) is 8.47. The lowest BCUT2D eigenvalue weighted by Crippen LogP contribution is -2.36. The molecule has 1 aliphatic heterocycles. The summed E-state index contributed by atoms with van der Waals surface area (Å²) >= 11 is 0. The summed E-state index contributed by atoms with van der Waals surface area (Å²) in [7, 11) is 0. The standard InChI is InChI=1S/C18H21N5O2/c1-13-20-18(25-22-13)15-6-4-9-23(12-15)10-8-17(24)21-16-7-3-2-5-14(16)11-19/h2-3,5,7,15H,4,6,8-10,12H2,1H3,(H,21,24)/t15-/m0/s1. The maximum absolute atomic E-state index is 12.2. The number of hydrogen-bond donors (Lipinski definition) is 1. The van der Waals surface area contributed by atoms with Gasteiger partial charge in [-0.25, -0.2) is 0 Å². The van der Waals surface area contributed by atoms with E-state index in [1.54, 1.807) is 24.3 Å². The molecule has 0 spiro atoms. The van der Waals surface area contributed by atoms with Crippen molar-refractivity contribution in [2.24, 2.45) is 0 Å². The number of benzene rings is 1. The first kappa shape index (κ1) is 17.1. The van der Waals surface area contributed by atoms with Crippen LogP contribution < -0.4 is 5.32 Å². The Balaban J connectivity index is 1.51. The summed E-state index contributed by atoms with van der Waals surface area (Å²) in [6.45, 7) is 4.27. The molecule has 2 heterocycles. The molecular formula is C18H21N5O2. The number of para-hydroxylation sites is 1. The van der Waals surface area contributed by atoms with Crippen molar-refractivity contribution < 1.29 is 9.32 Å². The van der Waals surface area contributed by atoms with Crippen molar-refractivity contribution in [3.8, 4) is 6.07 Å². The topological polar surface area (TPSA) is 95.0 Å². The quantitative estimate of drug-likeness (QED) is 0.899. The van der Waals surface area contributed by atoms with Crippen molar-refractivity contribution in [1.82, 2.24) is 15.0 Å². The molecule has 1 aliphatic rings. The van der Waals surface area contributed by atoms with E-state index in [4.69, 9.17) is 9.78 Å². The molecule has 1 aromatic heterocycles. The Morgan fingerprint density at radius 1 is 1.48 bits per heavy atom. The van der Waals surface area contributed by atoms with Crippen LogP contribution in [0.3, 0.4) is 0 Å². The molecule has 1 saturated heterocycles. The molecule has 1 fully saturated rings. The van der Waals surface area contributed by atoms with E-state index in [-0.39, 0.29) is 11.8 Å². The normalized spacial score (nSPS) is 17.8. The Bertz CT molecular complexity index is 780. The number of nitrogens with zero attached hydrogens (tertiary/aromatic N) is 4. The zero-order valence-corrected chi connectivity index (χ0v) is 14.2. The average Bonchev–Trinajstić information content (AvgIpc) is 3.07. The lowest BCUT2D eigenvalue weighted by Gasteiger charge is -2.30. The highest BCUT2D eigenvalue weighted by atomic mass is 16.5. The Labute approximate surface area is 146 Å². The Kier molecular flexibility index (Phi) is 5.41. The molecule has 1 N–H and O–H groups in total. The number of likely N-dealkylation sites (tertiary alicyclic amines) is 1. The minimum Gasteiger partial charge on any atom is -0.339 e. The van der Waals surface area contributed by atoms with Gasteiger partial charge in [-0.3, -0.25) is 4.79 Å². The molecule has 1 atom stereocenters. The molecule has 130 valence electrons. The molecular weight excluding hydrogens is 318 g/mol. The van der Waals surface area contributed by atoms with E-state index >= 15 is 0 Å². The molecule has 1 aromatic carbocycles. The number of amides is 1. The van der Waals surface area contributed by atoms with Crippen molar-refractivity contribution in [3.05, 3.63) is 41.5 Å². The summed E-state index contributed by atoms with van der Waals surface area (Å²) in [6, 6.07) is 9.10. The maximum Gasteiger partial charge on any atom is 0.231 e. The van der Waals surface area contributed by atoms with Crippen molar-refractivity contribution in [1.29, 1.82) is 5.26 Å². The molecule has 7 heteroatoms. The first-order chi connectivity index (χ1) is 12.2. The molecule has 0 aliphatic carbocycles. The minimum absolute atomic E-state index is 0.0848. The van der Waals surface area contributed by atoms with Gasteiger partial charge >= 0.3 is 0 Å². The molecule has 0 unspecified atom stereocenters. The first-order valence-electron chi connectivity index (χ1n) is 8.47. The summed E-state index contributed by atoms with van der Waals surface area (Å²) in [5.41, 5.74) is 1.04. The number of carbonyl (C=O) groups excluding carboxylic acids is 1. The largest absolute Gasteiger partial charge is 0.339 e. The highest BCUT2D eigenvalue weighted by molar-refractivity contribution is 5.92. The van der Waals surface area contributed by atoms with Gasteiger partial charge in [0.2, 0.25) is 11.8 Å². The van der Waals surface area contributed by atoms with Gasteiger partial charge in [0.25, 0.3) is 0 Å². The second kappa shape index (κ2) is 7.90. The molecule has 3 rings (SSSR count). The number of nitriles is 1. The van der Waals surface area contributed by atoms with E-state index in [2.05, 4.69) is 26.4 Å². The Hall–Kier alpha value is -2.72. The third-order valence-electron chi connectivity index (χ3n) is 4.37. The fourth-order valence-corrected chi connectivity index (χ4v) is 3.10. The zero-order chi connectivity index (χ0) is 17.6. The molecule has 0 saturated carbocycles. The third kappa shape index (κ3) is 4.43. The van der Waals surface area contributed by atoms with Crippen LogP contribution in [0.4, 0.5) is 5.69 Å². The van der Waals surface area contributed by atoms with E-state index in [1.807, 2.05) is 6.92 Å². The number of rotatable bonds is 5. The fourth-order valence-electron chi connectivity index (χ4n) is 3.10. The molecule has 7 nitrogen and oxygen atoms in total. The number of aromatic nitrogens is 2. The second-order valence-corrected chi connectivity index (χ2v) is 6.28. The van der Waals surface area contributed by atoms with Gasteiger partial charge in [-0.05, 0) is 38.4 Å².